The number of anilines is 1. The van der Waals surface area contributed by atoms with Gasteiger partial charge in [0.1, 0.15) is 0 Å². The van der Waals surface area contributed by atoms with E-state index in [1.165, 1.54) is 16.4 Å². The van der Waals surface area contributed by atoms with Gasteiger partial charge in [0.15, 0.2) is 5.82 Å². The molecule has 1 aromatic carbocycles. The number of amides is 1. The van der Waals surface area contributed by atoms with Crippen LogP contribution < -0.4 is 11.2 Å². The van der Waals surface area contributed by atoms with E-state index in [1.54, 1.807) is 0 Å². The van der Waals surface area contributed by atoms with Gasteiger partial charge >= 0.3 is 0 Å². The molecular formula is C16H23N5OS. The Kier molecular flexibility index (Phi) is 5.30. The Hall–Kier alpha value is -2.02. The number of nitrogen functional groups attached to an aromatic ring is 1. The molecule has 1 atom stereocenters. The lowest BCUT2D eigenvalue weighted by Gasteiger charge is -2.14. The van der Waals surface area contributed by atoms with E-state index in [0.29, 0.717) is 11.0 Å². The van der Waals surface area contributed by atoms with Crippen molar-refractivity contribution in [2.75, 3.05) is 11.2 Å². The number of benzene rings is 1. The summed E-state index contributed by atoms with van der Waals surface area (Å²) in [5, 5.41) is 11.3. The van der Waals surface area contributed by atoms with Crippen LogP contribution in [0.2, 0.25) is 0 Å². The summed E-state index contributed by atoms with van der Waals surface area (Å²) in [4.78, 5) is 12.4. The van der Waals surface area contributed by atoms with Crippen LogP contribution in [0.15, 0.2) is 23.4 Å². The van der Waals surface area contributed by atoms with Crippen LogP contribution in [-0.4, -0.2) is 26.0 Å². The van der Waals surface area contributed by atoms with E-state index in [0.717, 1.165) is 16.8 Å². The first-order valence-electron chi connectivity index (χ1n) is 7.55. The molecule has 6 nitrogen and oxygen atoms in total. The number of rotatable bonds is 5. The Balaban J connectivity index is 2.07. The summed E-state index contributed by atoms with van der Waals surface area (Å²) in [6.07, 6.45) is 0. The Bertz CT molecular complexity index is 710. The number of nitrogens with zero attached hydrogens (tertiary/aromatic N) is 3. The van der Waals surface area contributed by atoms with Gasteiger partial charge < -0.3 is 11.2 Å². The van der Waals surface area contributed by atoms with Gasteiger partial charge in [0, 0.05) is 11.6 Å². The smallest absolute Gasteiger partial charge is 0.237 e. The van der Waals surface area contributed by atoms with Crippen molar-refractivity contribution < 1.29 is 4.79 Å². The number of hydrogen-bond acceptors (Lipinski definition) is 5. The topological polar surface area (TPSA) is 85.8 Å². The van der Waals surface area contributed by atoms with Gasteiger partial charge in [-0.2, -0.15) is 0 Å². The van der Waals surface area contributed by atoms with Crippen molar-refractivity contribution in [1.82, 2.24) is 14.9 Å². The number of nitrogens with one attached hydrogen (secondary N) is 1. The first-order chi connectivity index (χ1) is 10.8. The van der Waals surface area contributed by atoms with Crippen LogP contribution in [0.4, 0.5) is 5.69 Å². The molecule has 124 valence electrons. The summed E-state index contributed by atoms with van der Waals surface area (Å²) in [5.41, 5.74) is 3.05. The van der Waals surface area contributed by atoms with E-state index in [9.17, 15) is 4.79 Å². The third-order valence-corrected chi connectivity index (χ3v) is 4.78. The Labute approximate surface area is 140 Å². The Morgan fingerprint density at radius 1 is 1.26 bits per heavy atom. The largest absolute Gasteiger partial charge is 0.336 e. The highest BCUT2D eigenvalue weighted by Crippen LogP contribution is 2.25. The fraction of sp³-hybridized carbons (Fsp3) is 0.438. The zero-order valence-electron chi connectivity index (χ0n) is 14.1. The minimum Gasteiger partial charge on any atom is -0.336 e. The van der Waals surface area contributed by atoms with E-state index < -0.39 is 0 Å². The Morgan fingerprint density at radius 3 is 2.57 bits per heavy atom. The molecule has 3 N–H and O–H groups in total. The number of carbonyl (C=O) groups is 1. The van der Waals surface area contributed by atoms with Crippen LogP contribution in [0.3, 0.4) is 0 Å². The molecule has 0 saturated heterocycles. The monoisotopic (exact) mass is 333 g/mol. The average molecular weight is 333 g/mol. The van der Waals surface area contributed by atoms with Crippen molar-refractivity contribution in [2.24, 2.45) is 0 Å². The third kappa shape index (κ3) is 3.85. The maximum atomic E-state index is 12.4. The second-order valence-corrected chi connectivity index (χ2v) is 7.17. The summed E-state index contributed by atoms with van der Waals surface area (Å²) < 4.78 is 1.46. The van der Waals surface area contributed by atoms with E-state index in [2.05, 4.69) is 15.5 Å². The SMILES string of the molecule is Cc1cccc(NC(=O)[C@H](C)Sc2nnc(C(C)C)n2N)c1C. The van der Waals surface area contributed by atoms with Crippen LogP contribution in [0.5, 0.6) is 0 Å². The predicted octanol–water partition coefficient (Wildman–Crippen LogP) is 2.85. The Morgan fingerprint density at radius 2 is 1.96 bits per heavy atom. The van der Waals surface area contributed by atoms with Gasteiger partial charge in [0.25, 0.3) is 0 Å². The molecule has 1 heterocycles. The normalized spacial score (nSPS) is 12.4. The molecule has 0 bridgehead atoms. The second-order valence-electron chi connectivity index (χ2n) is 5.86. The minimum atomic E-state index is -0.332. The van der Waals surface area contributed by atoms with Gasteiger partial charge in [-0.05, 0) is 38.0 Å². The second kappa shape index (κ2) is 7.04. The molecule has 0 spiro atoms. The molecule has 0 unspecified atom stereocenters. The van der Waals surface area contributed by atoms with Crippen LogP contribution in [-0.2, 0) is 4.79 Å². The lowest BCUT2D eigenvalue weighted by atomic mass is 10.1. The minimum absolute atomic E-state index is 0.0854. The molecule has 0 aliphatic rings. The van der Waals surface area contributed by atoms with Crippen LogP contribution in [0.1, 0.15) is 43.6 Å². The van der Waals surface area contributed by atoms with Gasteiger partial charge in [-0.1, -0.05) is 37.7 Å². The van der Waals surface area contributed by atoms with Crippen LogP contribution >= 0.6 is 11.8 Å². The van der Waals surface area contributed by atoms with Crippen molar-refractivity contribution in [2.45, 2.75) is 50.9 Å². The van der Waals surface area contributed by atoms with Crippen molar-refractivity contribution in [3.8, 4) is 0 Å². The number of thioether (sulfide) groups is 1. The number of carbonyl (C=O) groups excluding carboxylic acids is 1. The molecule has 0 aliphatic carbocycles. The fourth-order valence-corrected chi connectivity index (χ4v) is 2.87. The standard InChI is InChI=1S/C16H23N5OS/c1-9(2)14-19-20-16(21(14)17)23-12(5)15(22)18-13-8-6-7-10(3)11(13)4/h6-9,12H,17H2,1-5H3,(H,18,22)/t12-/m0/s1. The maximum absolute atomic E-state index is 12.4. The predicted molar refractivity (Wildman–Crippen MR) is 94.1 cm³/mol. The van der Waals surface area contributed by atoms with Crippen molar-refractivity contribution in [3.63, 3.8) is 0 Å². The number of aryl methyl sites for hydroxylation is 1. The summed E-state index contributed by atoms with van der Waals surface area (Å²) in [6.45, 7) is 9.84. The van der Waals surface area contributed by atoms with E-state index >= 15 is 0 Å². The van der Waals surface area contributed by atoms with Gasteiger partial charge in [-0.3, -0.25) is 4.79 Å². The van der Waals surface area contributed by atoms with Gasteiger partial charge in [0.2, 0.25) is 11.1 Å². The molecule has 0 saturated carbocycles. The quantitative estimate of drug-likeness (QED) is 0.649. The van der Waals surface area contributed by atoms with E-state index in [-0.39, 0.29) is 17.1 Å². The lowest BCUT2D eigenvalue weighted by molar-refractivity contribution is -0.115. The molecular weight excluding hydrogens is 310 g/mol. The molecule has 23 heavy (non-hydrogen) atoms. The van der Waals surface area contributed by atoms with E-state index in [4.69, 9.17) is 5.84 Å². The zero-order valence-corrected chi connectivity index (χ0v) is 14.9. The van der Waals surface area contributed by atoms with E-state index in [1.807, 2.05) is 52.8 Å². The molecule has 0 fully saturated rings. The molecule has 0 aliphatic heterocycles. The molecule has 1 aromatic heterocycles. The van der Waals surface area contributed by atoms with Gasteiger partial charge in [-0.15, -0.1) is 10.2 Å². The number of nitrogens with two attached hydrogens (primary N) is 1. The summed E-state index contributed by atoms with van der Waals surface area (Å²) in [7, 11) is 0. The highest BCUT2D eigenvalue weighted by molar-refractivity contribution is 8.00. The van der Waals surface area contributed by atoms with Crippen LogP contribution in [0.25, 0.3) is 0 Å². The van der Waals surface area contributed by atoms with Crippen molar-refractivity contribution in [1.29, 1.82) is 0 Å². The molecule has 0 radical (unpaired) electrons. The summed E-state index contributed by atoms with van der Waals surface area (Å²) in [5.74, 6) is 6.79. The van der Waals surface area contributed by atoms with Crippen molar-refractivity contribution >= 4 is 23.4 Å². The molecule has 1 amide bonds. The average Bonchev–Trinajstić information content (AvgIpc) is 2.85. The molecule has 2 aromatic rings. The first kappa shape index (κ1) is 17.3. The third-order valence-electron chi connectivity index (χ3n) is 3.72. The fourth-order valence-electron chi connectivity index (χ4n) is 2.09. The highest BCUT2D eigenvalue weighted by atomic mass is 32.2. The number of aromatic nitrogens is 3. The summed E-state index contributed by atoms with van der Waals surface area (Å²) >= 11 is 1.30. The van der Waals surface area contributed by atoms with Gasteiger partial charge in [0.05, 0.1) is 5.25 Å². The van der Waals surface area contributed by atoms with Crippen LogP contribution in [0, 0.1) is 13.8 Å². The molecule has 2 rings (SSSR count). The lowest BCUT2D eigenvalue weighted by Crippen LogP contribution is -2.24. The highest BCUT2D eigenvalue weighted by Gasteiger charge is 2.20. The van der Waals surface area contributed by atoms with Gasteiger partial charge in [-0.25, -0.2) is 4.68 Å². The first-order valence-corrected chi connectivity index (χ1v) is 8.43. The molecule has 7 heteroatoms. The summed E-state index contributed by atoms with van der Waals surface area (Å²) in [6, 6.07) is 5.86. The zero-order chi connectivity index (χ0) is 17.1. The number of hydrogen-bond donors (Lipinski definition) is 2. The maximum Gasteiger partial charge on any atom is 0.237 e. The van der Waals surface area contributed by atoms with Crippen molar-refractivity contribution in [3.05, 3.63) is 35.2 Å².